The Bertz CT molecular complexity index is 351. The van der Waals surface area contributed by atoms with E-state index >= 15 is 0 Å². The lowest BCUT2D eigenvalue weighted by molar-refractivity contribution is -0.149. The molecule has 0 aromatic heterocycles. The van der Waals surface area contributed by atoms with Crippen LogP contribution in [0.2, 0.25) is 0 Å². The van der Waals surface area contributed by atoms with Gasteiger partial charge in [-0.25, -0.2) is 0 Å². The number of rotatable bonds is 2. The van der Waals surface area contributed by atoms with Gasteiger partial charge in [-0.2, -0.15) is 0 Å². The second kappa shape index (κ2) is 6.00. The Labute approximate surface area is 122 Å². The molecule has 2 fully saturated rings. The van der Waals surface area contributed by atoms with Gasteiger partial charge in [-0.05, 0) is 46.6 Å². The van der Waals surface area contributed by atoms with Gasteiger partial charge < -0.3 is 10.5 Å². The largest absolute Gasteiger partial charge is 0.468 e. The molecule has 1 heterocycles. The Kier molecular flexibility index (Phi) is 4.72. The summed E-state index contributed by atoms with van der Waals surface area (Å²) in [6.45, 7) is 6.65. The van der Waals surface area contributed by atoms with Gasteiger partial charge in [0, 0.05) is 31.2 Å². The lowest BCUT2D eigenvalue weighted by atomic mass is 9.78. The third-order valence-electron chi connectivity index (χ3n) is 5.26. The van der Waals surface area contributed by atoms with E-state index in [4.69, 9.17) is 10.5 Å². The van der Waals surface area contributed by atoms with Gasteiger partial charge in [-0.1, -0.05) is 0 Å². The van der Waals surface area contributed by atoms with E-state index in [1.54, 1.807) is 0 Å². The first-order valence-electron chi connectivity index (χ1n) is 7.70. The molecule has 1 saturated carbocycles. The molecular weight excluding hydrogens is 254 g/mol. The lowest BCUT2D eigenvalue weighted by Crippen LogP contribution is -2.61. The fourth-order valence-electron chi connectivity index (χ4n) is 3.72. The van der Waals surface area contributed by atoms with Crippen molar-refractivity contribution in [1.82, 2.24) is 9.80 Å². The minimum Gasteiger partial charge on any atom is -0.468 e. The lowest BCUT2D eigenvalue weighted by Gasteiger charge is -2.48. The maximum atomic E-state index is 11.9. The second-order valence-electron chi connectivity index (χ2n) is 6.72. The Balaban J connectivity index is 2.04. The van der Waals surface area contributed by atoms with Crippen molar-refractivity contribution >= 4 is 5.97 Å². The molecule has 5 nitrogen and oxygen atoms in total. The fraction of sp³-hybridized carbons (Fsp3) is 0.933. The number of esters is 1. The van der Waals surface area contributed by atoms with E-state index < -0.39 is 5.54 Å². The van der Waals surface area contributed by atoms with Gasteiger partial charge in [-0.3, -0.25) is 14.6 Å². The highest BCUT2D eigenvalue weighted by Gasteiger charge is 2.43. The van der Waals surface area contributed by atoms with Gasteiger partial charge in [-0.15, -0.1) is 0 Å². The summed E-state index contributed by atoms with van der Waals surface area (Å²) >= 11 is 0. The molecule has 2 aliphatic rings. The monoisotopic (exact) mass is 283 g/mol. The zero-order valence-corrected chi connectivity index (χ0v) is 13.3. The highest BCUT2D eigenvalue weighted by molar-refractivity contribution is 5.80. The van der Waals surface area contributed by atoms with Crippen molar-refractivity contribution in [3.63, 3.8) is 0 Å². The number of methoxy groups -OCH3 is 1. The van der Waals surface area contributed by atoms with Crippen LogP contribution >= 0.6 is 0 Å². The number of hydrogen-bond donors (Lipinski definition) is 1. The molecule has 1 saturated heterocycles. The van der Waals surface area contributed by atoms with Crippen LogP contribution < -0.4 is 5.73 Å². The molecule has 0 amide bonds. The van der Waals surface area contributed by atoms with Crippen molar-refractivity contribution in [2.45, 2.75) is 63.2 Å². The molecule has 2 N–H and O–H groups in total. The van der Waals surface area contributed by atoms with Gasteiger partial charge in [0.25, 0.3) is 0 Å². The van der Waals surface area contributed by atoms with Crippen molar-refractivity contribution in [3.8, 4) is 0 Å². The predicted molar refractivity (Wildman–Crippen MR) is 79.5 cm³/mol. The van der Waals surface area contributed by atoms with E-state index in [-0.39, 0.29) is 5.97 Å². The van der Waals surface area contributed by atoms with E-state index in [0.29, 0.717) is 18.1 Å². The van der Waals surface area contributed by atoms with Gasteiger partial charge in [0.2, 0.25) is 0 Å². The van der Waals surface area contributed by atoms with Crippen LogP contribution in [0.4, 0.5) is 0 Å². The topological polar surface area (TPSA) is 58.8 Å². The van der Waals surface area contributed by atoms with E-state index in [1.807, 2.05) is 0 Å². The minimum atomic E-state index is -0.784. The summed E-state index contributed by atoms with van der Waals surface area (Å²) in [4.78, 5) is 16.9. The smallest absolute Gasteiger partial charge is 0.325 e. The van der Waals surface area contributed by atoms with Crippen LogP contribution in [-0.2, 0) is 9.53 Å². The van der Waals surface area contributed by atoms with Crippen molar-refractivity contribution < 1.29 is 9.53 Å². The Hall–Kier alpha value is -0.650. The predicted octanol–water partition coefficient (Wildman–Crippen LogP) is 0.824. The molecule has 20 heavy (non-hydrogen) atoms. The molecule has 5 heteroatoms. The van der Waals surface area contributed by atoms with Crippen LogP contribution in [0.3, 0.4) is 0 Å². The number of likely N-dealkylation sites (N-methyl/N-ethyl adjacent to an activating group) is 1. The highest BCUT2D eigenvalue weighted by Crippen LogP contribution is 2.32. The Morgan fingerprint density at radius 2 is 1.90 bits per heavy atom. The zero-order chi connectivity index (χ0) is 14.9. The molecule has 0 spiro atoms. The zero-order valence-electron chi connectivity index (χ0n) is 13.3. The summed E-state index contributed by atoms with van der Waals surface area (Å²) in [6, 6.07) is 1.50. The summed E-state index contributed by atoms with van der Waals surface area (Å²) < 4.78 is 4.90. The number of ether oxygens (including phenoxy) is 1. The molecule has 4 atom stereocenters. The molecule has 116 valence electrons. The quantitative estimate of drug-likeness (QED) is 0.761. The summed E-state index contributed by atoms with van der Waals surface area (Å²) in [5, 5.41) is 0. The summed E-state index contributed by atoms with van der Waals surface area (Å²) in [7, 11) is 3.62. The van der Waals surface area contributed by atoms with E-state index in [0.717, 1.165) is 38.8 Å². The van der Waals surface area contributed by atoms with Gasteiger partial charge in [0.15, 0.2) is 0 Å². The Morgan fingerprint density at radius 3 is 2.45 bits per heavy atom. The number of nitrogens with zero attached hydrogens (tertiary/aromatic N) is 2. The maximum Gasteiger partial charge on any atom is 0.325 e. The van der Waals surface area contributed by atoms with E-state index in [9.17, 15) is 4.79 Å². The summed E-state index contributed by atoms with van der Waals surface area (Å²) in [5.74, 6) is -0.252. The van der Waals surface area contributed by atoms with Crippen molar-refractivity contribution in [1.29, 1.82) is 0 Å². The van der Waals surface area contributed by atoms with Crippen LogP contribution in [0, 0.1) is 0 Å². The van der Waals surface area contributed by atoms with Crippen LogP contribution in [0.5, 0.6) is 0 Å². The average Bonchev–Trinajstić information content (AvgIpc) is 2.43. The molecule has 2 rings (SSSR count). The van der Waals surface area contributed by atoms with Crippen LogP contribution in [0.1, 0.15) is 39.5 Å². The van der Waals surface area contributed by atoms with Gasteiger partial charge in [0.1, 0.15) is 5.54 Å². The van der Waals surface area contributed by atoms with Crippen molar-refractivity contribution in [2.75, 3.05) is 27.2 Å². The third kappa shape index (κ3) is 3.00. The second-order valence-corrected chi connectivity index (χ2v) is 6.72. The van der Waals surface area contributed by atoms with Crippen LogP contribution in [0.15, 0.2) is 0 Å². The van der Waals surface area contributed by atoms with Gasteiger partial charge in [0.05, 0.1) is 7.11 Å². The SMILES string of the molecule is COC(=O)C1(N)CCCC(N2CC(C)N(C)C(C)C2)C1. The molecule has 0 aromatic carbocycles. The first-order valence-corrected chi connectivity index (χ1v) is 7.70. The summed E-state index contributed by atoms with van der Waals surface area (Å²) in [5.41, 5.74) is 5.51. The normalized spacial score (nSPS) is 40.5. The maximum absolute atomic E-state index is 11.9. The standard InChI is InChI=1S/C15H29N3O2/c1-11-9-18(10-12(2)17(11)3)13-6-5-7-15(16,8-13)14(19)20-4/h11-13H,5-10,16H2,1-4H3. The van der Waals surface area contributed by atoms with Crippen molar-refractivity contribution in [3.05, 3.63) is 0 Å². The molecular formula is C15H29N3O2. The number of piperazine rings is 1. The molecule has 4 unspecified atom stereocenters. The number of carbonyl (C=O) groups is 1. The molecule has 1 aliphatic heterocycles. The Morgan fingerprint density at radius 1 is 1.30 bits per heavy atom. The number of carbonyl (C=O) groups excluding carboxylic acids is 1. The minimum absolute atomic E-state index is 0.252. The first kappa shape index (κ1) is 15.7. The number of nitrogens with two attached hydrogens (primary N) is 1. The van der Waals surface area contributed by atoms with Crippen molar-refractivity contribution in [2.24, 2.45) is 5.73 Å². The molecule has 0 radical (unpaired) electrons. The number of hydrogen-bond acceptors (Lipinski definition) is 5. The first-order chi connectivity index (χ1) is 9.37. The third-order valence-corrected chi connectivity index (χ3v) is 5.26. The van der Waals surface area contributed by atoms with Crippen LogP contribution in [-0.4, -0.2) is 66.7 Å². The average molecular weight is 283 g/mol. The molecule has 0 bridgehead atoms. The molecule has 0 aromatic rings. The fourth-order valence-corrected chi connectivity index (χ4v) is 3.72. The van der Waals surface area contributed by atoms with E-state index in [1.165, 1.54) is 7.11 Å². The highest BCUT2D eigenvalue weighted by atomic mass is 16.5. The van der Waals surface area contributed by atoms with E-state index in [2.05, 4.69) is 30.7 Å². The van der Waals surface area contributed by atoms with Gasteiger partial charge >= 0.3 is 5.97 Å². The van der Waals surface area contributed by atoms with Crippen LogP contribution in [0.25, 0.3) is 0 Å². The summed E-state index contributed by atoms with van der Waals surface area (Å²) in [6.07, 6.45) is 3.61. The molecule has 1 aliphatic carbocycles.